The lowest BCUT2D eigenvalue weighted by Gasteiger charge is -2.30. The highest BCUT2D eigenvalue weighted by Crippen LogP contribution is 2.30. The van der Waals surface area contributed by atoms with Gasteiger partial charge in [-0.15, -0.1) is 0 Å². The molecule has 0 atom stereocenters. The highest BCUT2D eigenvalue weighted by Gasteiger charge is 2.31. The lowest BCUT2D eigenvalue weighted by atomic mass is 10.2. The Morgan fingerprint density at radius 3 is 2.55 bits per heavy atom. The van der Waals surface area contributed by atoms with Gasteiger partial charge in [-0.05, 0) is 35.9 Å². The number of hydrogen-bond acceptors (Lipinski definition) is 6. The van der Waals surface area contributed by atoms with Crippen LogP contribution in [0.1, 0.15) is 5.56 Å². The first-order valence-corrected chi connectivity index (χ1v) is 11.6. The van der Waals surface area contributed by atoms with Crippen molar-refractivity contribution in [2.45, 2.75) is 11.4 Å². The average molecular weight is 468 g/mol. The third-order valence-electron chi connectivity index (χ3n) is 5.02. The maximum Gasteiger partial charge on any atom is 0.247 e. The van der Waals surface area contributed by atoms with E-state index in [0.717, 1.165) is 4.31 Å². The van der Waals surface area contributed by atoms with Crippen LogP contribution < -0.4 is 14.8 Å². The van der Waals surface area contributed by atoms with Gasteiger partial charge in [-0.3, -0.25) is 4.79 Å². The quantitative estimate of drug-likeness (QED) is 0.638. The van der Waals surface area contributed by atoms with Gasteiger partial charge in [-0.25, -0.2) is 8.42 Å². The molecule has 1 saturated heterocycles. The number of nitrogens with one attached hydrogen (secondary N) is 1. The second-order valence-corrected chi connectivity index (χ2v) is 9.39. The van der Waals surface area contributed by atoms with Crippen molar-refractivity contribution in [3.63, 3.8) is 0 Å². The SMILES string of the molecule is COc1cccc(CN(CC(=O)N2CCNCC2)S(=O)(=O)c2cc(Cl)ccc2OC)c1. The van der Waals surface area contributed by atoms with Gasteiger partial charge in [0.25, 0.3) is 0 Å². The first kappa shape index (κ1) is 23.3. The molecular weight excluding hydrogens is 442 g/mol. The largest absolute Gasteiger partial charge is 0.497 e. The van der Waals surface area contributed by atoms with Crippen LogP contribution in [0.15, 0.2) is 47.4 Å². The Kier molecular flexibility index (Phi) is 7.77. The van der Waals surface area contributed by atoms with Gasteiger partial charge in [0, 0.05) is 37.7 Å². The van der Waals surface area contributed by atoms with E-state index in [2.05, 4.69) is 5.32 Å². The van der Waals surface area contributed by atoms with Crippen molar-refractivity contribution in [1.82, 2.24) is 14.5 Å². The lowest BCUT2D eigenvalue weighted by molar-refractivity contribution is -0.132. The van der Waals surface area contributed by atoms with E-state index >= 15 is 0 Å². The van der Waals surface area contributed by atoms with Crippen LogP contribution >= 0.6 is 11.6 Å². The van der Waals surface area contributed by atoms with Gasteiger partial charge in [0.15, 0.2) is 0 Å². The Bertz CT molecular complexity index is 1030. The van der Waals surface area contributed by atoms with E-state index < -0.39 is 10.0 Å². The Morgan fingerprint density at radius 1 is 1.13 bits per heavy atom. The molecule has 1 heterocycles. The van der Waals surface area contributed by atoms with Crippen molar-refractivity contribution in [2.24, 2.45) is 0 Å². The second kappa shape index (κ2) is 10.3. The summed E-state index contributed by atoms with van der Waals surface area (Å²) < 4.78 is 38.9. The summed E-state index contributed by atoms with van der Waals surface area (Å²) in [6, 6.07) is 11.5. The summed E-state index contributed by atoms with van der Waals surface area (Å²) in [4.78, 5) is 14.5. The van der Waals surface area contributed by atoms with Gasteiger partial charge in [-0.2, -0.15) is 4.31 Å². The van der Waals surface area contributed by atoms with Crippen LogP contribution in [-0.4, -0.2) is 70.5 Å². The van der Waals surface area contributed by atoms with Crippen molar-refractivity contribution in [3.05, 3.63) is 53.1 Å². The van der Waals surface area contributed by atoms with Crippen LogP contribution in [0, 0.1) is 0 Å². The molecule has 0 unspecified atom stereocenters. The third kappa shape index (κ3) is 5.68. The number of piperazine rings is 1. The predicted molar refractivity (Wildman–Crippen MR) is 118 cm³/mol. The Labute approximate surface area is 187 Å². The minimum absolute atomic E-state index is 0.00691. The summed E-state index contributed by atoms with van der Waals surface area (Å²) >= 11 is 6.07. The van der Waals surface area contributed by atoms with Crippen LogP contribution in [0.2, 0.25) is 5.02 Å². The van der Waals surface area contributed by atoms with Gasteiger partial charge in [-0.1, -0.05) is 23.7 Å². The van der Waals surface area contributed by atoms with Crippen molar-refractivity contribution < 1.29 is 22.7 Å². The molecule has 0 bridgehead atoms. The highest BCUT2D eigenvalue weighted by molar-refractivity contribution is 7.89. The predicted octanol–water partition coefficient (Wildman–Crippen LogP) is 1.98. The lowest BCUT2D eigenvalue weighted by Crippen LogP contribution is -2.50. The fourth-order valence-corrected chi connectivity index (χ4v) is 5.15. The molecule has 168 valence electrons. The first-order chi connectivity index (χ1) is 14.8. The molecule has 1 fully saturated rings. The number of rotatable bonds is 8. The van der Waals surface area contributed by atoms with Gasteiger partial charge < -0.3 is 19.7 Å². The molecule has 3 rings (SSSR count). The number of benzene rings is 2. The molecular formula is C21H26ClN3O5S. The van der Waals surface area contributed by atoms with E-state index in [1.165, 1.54) is 19.2 Å². The molecule has 0 aliphatic carbocycles. The number of ether oxygens (including phenoxy) is 2. The third-order valence-corrected chi connectivity index (χ3v) is 7.07. The molecule has 10 heteroatoms. The number of amides is 1. The summed E-state index contributed by atoms with van der Waals surface area (Å²) in [6.07, 6.45) is 0. The number of carbonyl (C=O) groups is 1. The number of carbonyl (C=O) groups excluding carboxylic acids is 1. The topological polar surface area (TPSA) is 88.2 Å². The van der Waals surface area contributed by atoms with Gasteiger partial charge in [0.2, 0.25) is 15.9 Å². The van der Waals surface area contributed by atoms with Crippen LogP contribution in [0.3, 0.4) is 0 Å². The monoisotopic (exact) mass is 467 g/mol. The zero-order valence-corrected chi connectivity index (χ0v) is 19.1. The maximum absolute atomic E-state index is 13.6. The van der Waals surface area contributed by atoms with E-state index in [9.17, 15) is 13.2 Å². The Hall–Kier alpha value is -2.33. The molecule has 2 aromatic rings. The van der Waals surface area contributed by atoms with Crippen LogP contribution in [0.4, 0.5) is 0 Å². The van der Waals surface area contributed by atoms with Crippen molar-refractivity contribution in [2.75, 3.05) is 46.9 Å². The van der Waals surface area contributed by atoms with E-state index in [1.807, 2.05) is 0 Å². The van der Waals surface area contributed by atoms with E-state index in [-0.39, 0.29) is 34.7 Å². The zero-order valence-electron chi connectivity index (χ0n) is 17.5. The molecule has 0 saturated carbocycles. The van der Waals surface area contributed by atoms with Crippen molar-refractivity contribution in [1.29, 1.82) is 0 Å². The van der Waals surface area contributed by atoms with Crippen molar-refractivity contribution >= 4 is 27.5 Å². The molecule has 0 aromatic heterocycles. The number of hydrogen-bond donors (Lipinski definition) is 1. The van der Waals surface area contributed by atoms with Crippen LogP contribution in [-0.2, 0) is 21.4 Å². The standard InChI is InChI=1S/C21H26ClN3O5S/c1-29-18-5-3-4-16(12-18)14-25(15-21(26)24-10-8-23-9-11-24)31(27,28)20-13-17(22)6-7-19(20)30-2/h3-7,12-13,23H,8-11,14-15H2,1-2H3. The summed E-state index contributed by atoms with van der Waals surface area (Å²) in [6.45, 7) is 2.12. The molecule has 0 radical (unpaired) electrons. The van der Waals surface area contributed by atoms with Gasteiger partial charge in [0.05, 0.1) is 20.8 Å². The molecule has 2 aromatic carbocycles. The minimum atomic E-state index is -4.10. The fourth-order valence-electron chi connectivity index (χ4n) is 3.36. The number of nitrogens with zero attached hydrogens (tertiary/aromatic N) is 2. The van der Waals surface area contributed by atoms with E-state index in [1.54, 1.807) is 42.3 Å². The highest BCUT2D eigenvalue weighted by atomic mass is 35.5. The minimum Gasteiger partial charge on any atom is -0.497 e. The van der Waals surface area contributed by atoms with Crippen LogP contribution in [0.25, 0.3) is 0 Å². The molecule has 1 aliphatic heterocycles. The summed E-state index contributed by atoms with van der Waals surface area (Å²) in [5.41, 5.74) is 0.692. The zero-order chi connectivity index (χ0) is 22.4. The molecule has 31 heavy (non-hydrogen) atoms. The van der Waals surface area contributed by atoms with Gasteiger partial charge >= 0.3 is 0 Å². The summed E-state index contributed by atoms with van der Waals surface area (Å²) in [7, 11) is -1.17. The number of sulfonamides is 1. The Balaban J connectivity index is 1.97. The second-order valence-electron chi connectivity index (χ2n) is 7.05. The summed E-state index contributed by atoms with van der Waals surface area (Å²) in [5.74, 6) is 0.507. The average Bonchev–Trinajstić information content (AvgIpc) is 2.79. The molecule has 1 amide bonds. The first-order valence-electron chi connectivity index (χ1n) is 9.80. The maximum atomic E-state index is 13.6. The molecule has 8 nitrogen and oxygen atoms in total. The van der Waals surface area contributed by atoms with Gasteiger partial charge in [0.1, 0.15) is 16.4 Å². The fraction of sp³-hybridized carbons (Fsp3) is 0.381. The van der Waals surface area contributed by atoms with E-state index in [4.69, 9.17) is 21.1 Å². The van der Waals surface area contributed by atoms with Crippen molar-refractivity contribution in [3.8, 4) is 11.5 Å². The molecule has 1 aliphatic rings. The summed E-state index contributed by atoms with van der Waals surface area (Å²) in [5, 5.41) is 3.44. The molecule has 1 N–H and O–H groups in total. The number of methoxy groups -OCH3 is 2. The molecule has 0 spiro atoms. The smallest absolute Gasteiger partial charge is 0.247 e. The van der Waals surface area contributed by atoms with Crippen LogP contribution in [0.5, 0.6) is 11.5 Å². The normalized spacial score (nSPS) is 14.5. The number of halogens is 1. The Morgan fingerprint density at radius 2 is 1.87 bits per heavy atom. The van der Waals surface area contributed by atoms with E-state index in [0.29, 0.717) is 37.5 Å².